The highest BCUT2D eigenvalue weighted by Gasteiger charge is 2.08. The van der Waals surface area contributed by atoms with E-state index >= 15 is 0 Å². The fourth-order valence-corrected chi connectivity index (χ4v) is 2.28. The molecule has 0 aliphatic carbocycles. The van der Waals surface area contributed by atoms with Crippen molar-refractivity contribution in [2.45, 2.75) is 13.8 Å². The average Bonchev–Trinajstić information content (AvgIpc) is 2.57. The van der Waals surface area contributed by atoms with Crippen molar-refractivity contribution in [1.82, 2.24) is 0 Å². The van der Waals surface area contributed by atoms with Crippen LogP contribution in [-0.4, -0.2) is 10.2 Å². The van der Waals surface area contributed by atoms with E-state index in [0.717, 1.165) is 0 Å². The van der Waals surface area contributed by atoms with Crippen LogP contribution in [0.4, 0.5) is 0 Å². The lowest BCUT2D eigenvalue weighted by Gasteiger charge is -2.12. The first-order chi connectivity index (χ1) is 11.5. The van der Waals surface area contributed by atoms with Crippen LogP contribution in [0, 0.1) is 13.8 Å². The summed E-state index contributed by atoms with van der Waals surface area (Å²) in [5.41, 5.74) is 1.35. The first-order valence-electron chi connectivity index (χ1n) is 7.57. The topological polar surface area (TPSA) is 58.9 Å². The van der Waals surface area contributed by atoms with Gasteiger partial charge in [-0.25, -0.2) is 0 Å². The highest BCUT2D eigenvalue weighted by atomic mass is 16.5. The van der Waals surface area contributed by atoms with E-state index in [1.165, 1.54) is 0 Å². The predicted molar refractivity (Wildman–Crippen MR) is 92.3 cm³/mol. The number of rotatable bonds is 4. The molecule has 3 aromatic carbocycles. The molecule has 4 heteroatoms. The Morgan fingerprint density at radius 3 is 1.50 bits per heavy atom. The molecule has 0 spiro atoms. The van der Waals surface area contributed by atoms with E-state index in [-0.39, 0.29) is 11.5 Å². The molecule has 3 rings (SSSR count). The van der Waals surface area contributed by atoms with Crippen LogP contribution in [0.1, 0.15) is 11.1 Å². The molecule has 2 N–H and O–H groups in total. The molecule has 0 heterocycles. The number of ether oxygens (including phenoxy) is 2. The summed E-state index contributed by atoms with van der Waals surface area (Å²) in [6, 6.07) is 17.5. The first-order valence-corrected chi connectivity index (χ1v) is 7.57. The summed E-state index contributed by atoms with van der Waals surface area (Å²) >= 11 is 0. The van der Waals surface area contributed by atoms with E-state index in [1.54, 1.807) is 56.3 Å². The van der Waals surface area contributed by atoms with Crippen LogP contribution in [-0.2, 0) is 0 Å². The van der Waals surface area contributed by atoms with Crippen molar-refractivity contribution in [2.24, 2.45) is 0 Å². The summed E-state index contributed by atoms with van der Waals surface area (Å²) in [6.45, 7) is 3.59. The Hall–Kier alpha value is -3.14. The van der Waals surface area contributed by atoms with Gasteiger partial charge in [-0.3, -0.25) is 0 Å². The molecule has 3 aromatic rings. The van der Waals surface area contributed by atoms with E-state index < -0.39 is 0 Å². The second-order valence-corrected chi connectivity index (χ2v) is 5.48. The SMILES string of the molecule is Cc1c(O)cccc1Oc1cccc(Oc2cccc(O)c2C)c1. The molecule has 0 aromatic heterocycles. The van der Waals surface area contributed by atoms with Gasteiger partial charge in [-0.05, 0) is 50.2 Å². The molecular weight excluding hydrogens is 304 g/mol. The fourth-order valence-electron chi connectivity index (χ4n) is 2.28. The summed E-state index contributed by atoms with van der Waals surface area (Å²) < 4.78 is 11.7. The largest absolute Gasteiger partial charge is 0.508 e. The zero-order valence-corrected chi connectivity index (χ0v) is 13.5. The van der Waals surface area contributed by atoms with Crippen molar-refractivity contribution >= 4 is 0 Å². The van der Waals surface area contributed by atoms with Crippen molar-refractivity contribution in [3.63, 3.8) is 0 Å². The molecule has 0 bridgehead atoms. The van der Waals surface area contributed by atoms with Crippen LogP contribution in [0.15, 0.2) is 60.7 Å². The maximum absolute atomic E-state index is 9.76. The van der Waals surface area contributed by atoms with Gasteiger partial charge in [0.2, 0.25) is 0 Å². The first kappa shape index (κ1) is 15.7. The zero-order valence-electron chi connectivity index (χ0n) is 13.5. The van der Waals surface area contributed by atoms with Gasteiger partial charge >= 0.3 is 0 Å². The van der Waals surface area contributed by atoms with Crippen LogP contribution >= 0.6 is 0 Å². The number of hydrogen-bond donors (Lipinski definition) is 2. The van der Waals surface area contributed by atoms with Crippen molar-refractivity contribution in [1.29, 1.82) is 0 Å². The average molecular weight is 322 g/mol. The Bertz CT molecular complexity index is 803. The molecular formula is C20H18O4. The Kier molecular flexibility index (Phi) is 4.29. The molecule has 0 saturated carbocycles. The van der Waals surface area contributed by atoms with Gasteiger partial charge in [0.25, 0.3) is 0 Å². The highest BCUT2D eigenvalue weighted by Crippen LogP contribution is 2.34. The number of phenols is 2. The van der Waals surface area contributed by atoms with Gasteiger partial charge in [0, 0.05) is 17.2 Å². The van der Waals surface area contributed by atoms with Crippen molar-refractivity contribution < 1.29 is 19.7 Å². The molecule has 122 valence electrons. The molecule has 0 amide bonds. The second kappa shape index (κ2) is 6.54. The standard InChI is InChI=1S/C20H18O4/c1-13-17(21)8-4-10-19(13)23-15-6-3-7-16(12-15)24-20-11-5-9-18(22)14(20)2/h3-12,21-22H,1-2H3. The van der Waals surface area contributed by atoms with Gasteiger partial charge in [-0.2, -0.15) is 0 Å². The Morgan fingerprint density at radius 1 is 0.625 bits per heavy atom. The molecule has 0 unspecified atom stereocenters. The maximum atomic E-state index is 9.76. The molecule has 0 atom stereocenters. The minimum atomic E-state index is 0.190. The summed E-state index contributed by atoms with van der Waals surface area (Å²) in [5, 5.41) is 19.5. The molecule has 4 nitrogen and oxygen atoms in total. The third-order valence-corrected chi connectivity index (χ3v) is 3.77. The quantitative estimate of drug-likeness (QED) is 0.684. The minimum absolute atomic E-state index is 0.190. The smallest absolute Gasteiger partial charge is 0.134 e. The molecule has 0 aliphatic heterocycles. The van der Waals surface area contributed by atoms with Crippen LogP contribution < -0.4 is 9.47 Å². The van der Waals surface area contributed by atoms with E-state index in [2.05, 4.69) is 0 Å². The fraction of sp³-hybridized carbons (Fsp3) is 0.100. The predicted octanol–water partition coefficient (Wildman–Crippen LogP) is 5.30. The van der Waals surface area contributed by atoms with Crippen LogP contribution in [0.25, 0.3) is 0 Å². The van der Waals surface area contributed by atoms with E-state index in [1.807, 2.05) is 18.2 Å². The van der Waals surface area contributed by atoms with Gasteiger partial charge in [-0.1, -0.05) is 18.2 Å². The van der Waals surface area contributed by atoms with Gasteiger partial charge < -0.3 is 19.7 Å². The monoisotopic (exact) mass is 322 g/mol. The number of phenolic OH excluding ortho intramolecular Hbond substituents is 2. The van der Waals surface area contributed by atoms with Crippen molar-refractivity contribution in [3.8, 4) is 34.5 Å². The van der Waals surface area contributed by atoms with E-state index in [9.17, 15) is 10.2 Å². The number of hydrogen-bond acceptors (Lipinski definition) is 4. The molecule has 0 aliphatic rings. The Labute approximate surface area is 140 Å². The lowest BCUT2D eigenvalue weighted by Crippen LogP contribution is -1.90. The summed E-state index contributed by atoms with van der Waals surface area (Å²) in [7, 11) is 0. The maximum Gasteiger partial charge on any atom is 0.134 e. The number of benzene rings is 3. The highest BCUT2D eigenvalue weighted by molar-refractivity contribution is 5.48. The third-order valence-electron chi connectivity index (χ3n) is 3.77. The molecule has 0 radical (unpaired) electrons. The lowest BCUT2D eigenvalue weighted by atomic mass is 10.2. The van der Waals surface area contributed by atoms with E-state index in [4.69, 9.17) is 9.47 Å². The minimum Gasteiger partial charge on any atom is -0.508 e. The van der Waals surface area contributed by atoms with Crippen molar-refractivity contribution in [3.05, 3.63) is 71.8 Å². The molecule has 24 heavy (non-hydrogen) atoms. The van der Waals surface area contributed by atoms with Crippen molar-refractivity contribution in [2.75, 3.05) is 0 Å². The number of aromatic hydroxyl groups is 2. The van der Waals surface area contributed by atoms with Gasteiger partial charge in [0.05, 0.1) is 0 Å². The van der Waals surface area contributed by atoms with Gasteiger partial charge in [-0.15, -0.1) is 0 Å². The summed E-state index contributed by atoms with van der Waals surface area (Å²) in [5.74, 6) is 2.74. The second-order valence-electron chi connectivity index (χ2n) is 5.48. The third kappa shape index (κ3) is 3.27. The summed E-state index contributed by atoms with van der Waals surface area (Å²) in [4.78, 5) is 0. The van der Waals surface area contributed by atoms with E-state index in [0.29, 0.717) is 34.1 Å². The van der Waals surface area contributed by atoms with Crippen LogP contribution in [0.2, 0.25) is 0 Å². The lowest BCUT2D eigenvalue weighted by molar-refractivity contribution is 0.437. The van der Waals surface area contributed by atoms with Crippen LogP contribution in [0.5, 0.6) is 34.5 Å². The summed E-state index contributed by atoms with van der Waals surface area (Å²) in [6.07, 6.45) is 0. The Morgan fingerprint density at radius 2 is 1.04 bits per heavy atom. The molecule has 0 fully saturated rings. The van der Waals surface area contributed by atoms with Crippen LogP contribution in [0.3, 0.4) is 0 Å². The normalized spacial score (nSPS) is 10.4. The zero-order chi connectivity index (χ0) is 17.1. The molecule has 0 saturated heterocycles. The van der Waals surface area contributed by atoms with Gasteiger partial charge in [0.1, 0.15) is 34.5 Å². The van der Waals surface area contributed by atoms with Gasteiger partial charge in [0.15, 0.2) is 0 Å². The Balaban J connectivity index is 1.84.